The van der Waals surface area contributed by atoms with Gasteiger partial charge in [0.1, 0.15) is 0 Å². The number of aliphatic hydroxyl groups excluding tert-OH is 2. The molecule has 1 aliphatic rings. The van der Waals surface area contributed by atoms with Crippen LogP contribution in [0.1, 0.15) is 66.5 Å². The molecule has 1 aliphatic heterocycles. The number of aliphatic hydroxyl groups is 2. The van der Waals surface area contributed by atoms with E-state index in [2.05, 4.69) is 20.6 Å². The van der Waals surface area contributed by atoms with Crippen molar-refractivity contribution in [3.63, 3.8) is 0 Å². The summed E-state index contributed by atoms with van der Waals surface area (Å²) in [4.78, 5) is 61.1. The van der Waals surface area contributed by atoms with E-state index in [0.29, 0.717) is 34.5 Å². The fourth-order valence-corrected chi connectivity index (χ4v) is 7.50. The molecule has 2 aromatic heterocycles. The topological polar surface area (TPSA) is 215 Å². The van der Waals surface area contributed by atoms with Crippen LogP contribution < -0.4 is 42.9 Å². The number of anilines is 4. The number of halogens is 4. The molecule has 4 aromatic carbocycles. The Balaban J connectivity index is 0.000000239. The molecule has 0 unspecified atom stereocenters. The quantitative estimate of drug-likeness (QED) is 0.0664. The summed E-state index contributed by atoms with van der Waals surface area (Å²) >= 11 is 12.0. The molecular formula is C51H60Cl2F2N8O10. The molecule has 0 saturated carbocycles. The van der Waals surface area contributed by atoms with E-state index in [9.17, 15) is 38.2 Å². The van der Waals surface area contributed by atoms with E-state index in [0.717, 1.165) is 14.7 Å². The van der Waals surface area contributed by atoms with Gasteiger partial charge in [0, 0.05) is 57.5 Å². The first-order chi connectivity index (χ1) is 34.4. The first-order valence-electron chi connectivity index (χ1n) is 23.3. The number of ether oxygens (including phenoxy) is 4. The van der Waals surface area contributed by atoms with Gasteiger partial charge in [0.2, 0.25) is 11.9 Å². The zero-order valence-electron chi connectivity index (χ0n) is 41.8. The molecule has 18 nitrogen and oxygen atoms in total. The number of aromatic nitrogens is 6. The standard InChI is InChI=1S/C27H32ClFN4O5.C24H28ClFN4O5/c1-17(2)38-22-11-10-20(12-21(22)29)30-23-31-24(34)33(14-27(5)15-36-26(3,4)37-16-27)25(35)32(23)13-18-6-8-19(28)9-7-18;1-15(2)35-20-9-8-18(10-19(20)26)27-21-28-22(33)30(12-24(3,13-31)14-32)23(34)29(21)11-16-4-6-17(25)7-5-16/h6-12,17H,13-16H2,1-5H3,(H,30,31,34);4-10,15,31-32H,11-14H2,1-3H3,(H,27,28,33). The normalized spacial score (nSPS) is 14.1. The number of nitrogens with zero attached hydrogens (tertiary/aromatic N) is 6. The Hall–Kier alpha value is -6.42. The van der Waals surface area contributed by atoms with Crippen molar-refractivity contribution in [3.8, 4) is 11.5 Å². The molecule has 392 valence electrons. The third-order valence-electron chi connectivity index (χ3n) is 11.3. The van der Waals surface area contributed by atoms with Crippen LogP contribution in [0.25, 0.3) is 0 Å². The van der Waals surface area contributed by atoms with Crippen LogP contribution in [-0.4, -0.2) is 82.9 Å². The van der Waals surface area contributed by atoms with Crippen LogP contribution >= 0.6 is 23.2 Å². The molecule has 73 heavy (non-hydrogen) atoms. The summed E-state index contributed by atoms with van der Waals surface area (Å²) < 4.78 is 56.0. The van der Waals surface area contributed by atoms with Crippen molar-refractivity contribution in [3.05, 3.63) is 160 Å². The van der Waals surface area contributed by atoms with E-state index in [-0.39, 0.29) is 67.5 Å². The maximum absolute atomic E-state index is 14.6. The van der Waals surface area contributed by atoms with E-state index in [1.165, 1.54) is 40.3 Å². The van der Waals surface area contributed by atoms with Crippen LogP contribution in [0, 0.1) is 22.5 Å². The zero-order chi connectivity index (χ0) is 53.4. The average molecular weight is 1050 g/mol. The van der Waals surface area contributed by atoms with Gasteiger partial charge in [-0.15, -0.1) is 0 Å². The van der Waals surface area contributed by atoms with Gasteiger partial charge < -0.3 is 39.8 Å². The summed E-state index contributed by atoms with van der Waals surface area (Å²) in [6.07, 6.45) is -0.416. The number of rotatable bonds is 18. The molecular weight excluding hydrogens is 994 g/mol. The first-order valence-corrected chi connectivity index (χ1v) is 24.0. The fraction of sp³-hybridized carbons (Fsp3) is 0.412. The molecule has 7 rings (SSSR count). The second-order valence-electron chi connectivity index (χ2n) is 19.4. The molecule has 0 aliphatic carbocycles. The van der Waals surface area contributed by atoms with E-state index in [4.69, 9.17) is 42.1 Å². The Morgan fingerprint density at radius 1 is 0.658 bits per heavy atom. The van der Waals surface area contributed by atoms with Crippen molar-refractivity contribution in [2.24, 2.45) is 10.8 Å². The minimum atomic E-state index is -1.12. The minimum absolute atomic E-state index is 0.0226. The summed E-state index contributed by atoms with van der Waals surface area (Å²) in [7, 11) is 0. The molecule has 4 N–H and O–H groups in total. The second-order valence-corrected chi connectivity index (χ2v) is 20.3. The lowest BCUT2D eigenvalue weighted by atomic mass is 9.91. The lowest BCUT2D eigenvalue weighted by Crippen LogP contribution is -2.51. The van der Waals surface area contributed by atoms with Crippen LogP contribution in [0.4, 0.5) is 32.1 Å². The molecule has 6 aromatic rings. The van der Waals surface area contributed by atoms with Gasteiger partial charge in [-0.2, -0.15) is 9.97 Å². The van der Waals surface area contributed by atoms with Crippen molar-refractivity contribution < 1.29 is 37.9 Å². The second kappa shape index (κ2) is 23.6. The molecule has 1 fully saturated rings. The van der Waals surface area contributed by atoms with Gasteiger partial charge in [-0.1, -0.05) is 61.3 Å². The lowest BCUT2D eigenvalue weighted by Gasteiger charge is -2.41. The van der Waals surface area contributed by atoms with Gasteiger partial charge in [0.15, 0.2) is 28.9 Å². The van der Waals surface area contributed by atoms with Crippen molar-refractivity contribution in [1.29, 1.82) is 0 Å². The summed E-state index contributed by atoms with van der Waals surface area (Å²) in [5.41, 5.74) is -2.63. The number of nitrogens with one attached hydrogen (secondary N) is 2. The molecule has 0 spiro atoms. The summed E-state index contributed by atoms with van der Waals surface area (Å²) in [5.74, 6) is -1.90. The molecule has 1 saturated heterocycles. The van der Waals surface area contributed by atoms with E-state index >= 15 is 0 Å². The van der Waals surface area contributed by atoms with Crippen molar-refractivity contribution in [2.45, 2.75) is 99.6 Å². The number of benzene rings is 4. The molecule has 0 amide bonds. The largest absolute Gasteiger partial charge is 0.488 e. The summed E-state index contributed by atoms with van der Waals surface area (Å²) in [6, 6.07) is 22.2. The third-order valence-corrected chi connectivity index (χ3v) is 11.8. The van der Waals surface area contributed by atoms with Gasteiger partial charge in [-0.3, -0.25) is 9.13 Å². The van der Waals surface area contributed by atoms with E-state index < -0.39 is 64.2 Å². The smallest absolute Gasteiger partial charge is 0.354 e. The van der Waals surface area contributed by atoms with Crippen LogP contribution in [-0.2, 0) is 35.7 Å². The zero-order valence-corrected chi connectivity index (χ0v) is 43.3. The van der Waals surface area contributed by atoms with E-state index in [1.54, 1.807) is 88.4 Å². The van der Waals surface area contributed by atoms with Gasteiger partial charge in [-0.25, -0.2) is 37.1 Å². The highest BCUT2D eigenvalue weighted by Gasteiger charge is 2.38. The van der Waals surface area contributed by atoms with Crippen LogP contribution in [0.3, 0.4) is 0 Å². The van der Waals surface area contributed by atoms with Gasteiger partial charge in [-0.05, 0) is 101 Å². The fourth-order valence-electron chi connectivity index (χ4n) is 7.25. The maximum Gasteiger partial charge on any atom is 0.354 e. The Morgan fingerprint density at radius 3 is 1.44 bits per heavy atom. The molecule has 0 atom stereocenters. The van der Waals surface area contributed by atoms with Crippen molar-refractivity contribution >= 4 is 46.5 Å². The Kier molecular flexibility index (Phi) is 18.1. The highest BCUT2D eigenvalue weighted by Crippen LogP contribution is 2.31. The maximum atomic E-state index is 14.6. The minimum Gasteiger partial charge on any atom is -0.488 e. The Morgan fingerprint density at radius 2 is 1.05 bits per heavy atom. The highest BCUT2D eigenvalue weighted by atomic mass is 35.5. The predicted octanol–water partition coefficient (Wildman–Crippen LogP) is 7.33. The molecule has 22 heteroatoms. The van der Waals surface area contributed by atoms with Gasteiger partial charge >= 0.3 is 22.8 Å². The highest BCUT2D eigenvalue weighted by molar-refractivity contribution is 6.30. The number of hydrogen-bond donors (Lipinski definition) is 4. The monoisotopic (exact) mass is 1050 g/mol. The van der Waals surface area contributed by atoms with Crippen LogP contribution in [0.2, 0.25) is 10.0 Å². The van der Waals surface area contributed by atoms with Crippen molar-refractivity contribution in [1.82, 2.24) is 28.2 Å². The summed E-state index contributed by atoms with van der Waals surface area (Å²) in [5, 5.41) is 26.1. The molecule has 3 heterocycles. The van der Waals surface area contributed by atoms with Crippen LogP contribution in [0.15, 0.2) is 104 Å². The van der Waals surface area contributed by atoms with Gasteiger partial charge in [0.05, 0.1) is 51.7 Å². The third kappa shape index (κ3) is 14.9. The average Bonchev–Trinajstić information content (AvgIpc) is 3.33. The van der Waals surface area contributed by atoms with Gasteiger partial charge in [0.25, 0.3) is 0 Å². The number of hydrogen-bond acceptors (Lipinski definition) is 14. The van der Waals surface area contributed by atoms with Crippen molar-refractivity contribution in [2.75, 3.05) is 37.1 Å². The van der Waals surface area contributed by atoms with Crippen LogP contribution in [0.5, 0.6) is 11.5 Å². The lowest BCUT2D eigenvalue weighted by molar-refractivity contribution is -0.284. The molecule has 0 bridgehead atoms. The Bertz CT molecular complexity index is 3110. The predicted molar refractivity (Wildman–Crippen MR) is 274 cm³/mol. The summed E-state index contributed by atoms with van der Waals surface area (Å²) in [6.45, 7) is 13.8. The molecule has 0 radical (unpaired) electrons. The Labute approximate surface area is 429 Å². The van der Waals surface area contributed by atoms with E-state index in [1.807, 2.05) is 20.8 Å². The first kappa shape index (κ1) is 55.9. The SMILES string of the molecule is CC(C)Oc1ccc(Nc2nc(=O)n(CC(C)(CO)CO)c(=O)n2Cc2ccc(Cl)cc2)cc1F.CC(C)Oc1ccc(Nc2nc(=O)n(CC3(C)COC(C)(C)OC3)c(=O)n2Cc2ccc(Cl)cc2)cc1F.